The Labute approximate surface area is 197 Å². The summed E-state index contributed by atoms with van der Waals surface area (Å²) in [5.74, 6) is 0. The monoisotopic (exact) mass is 431 g/mol. The first-order valence-corrected chi connectivity index (χ1v) is 11.9. The predicted molar refractivity (Wildman–Crippen MR) is 136 cm³/mol. The Kier molecular flexibility index (Phi) is 6.08. The van der Waals surface area contributed by atoms with Crippen molar-refractivity contribution in [2.24, 2.45) is 0 Å². The van der Waals surface area contributed by atoms with Crippen LogP contribution < -0.4 is 4.57 Å². The first-order valence-electron chi connectivity index (χ1n) is 11.9. The quantitative estimate of drug-likeness (QED) is 0.302. The number of aromatic nitrogens is 1. The lowest BCUT2D eigenvalue weighted by molar-refractivity contribution is -0.720. The van der Waals surface area contributed by atoms with Gasteiger partial charge in [0.05, 0.1) is 5.56 Å². The van der Waals surface area contributed by atoms with Crippen LogP contribution in [0.2, 0.25) is 0 Å². The molecule has 4 aromatic rings. The maximum absolute atomic E-state index is 2.48. The van der Waals surface area contributed by atoms with E-state index in [2.05, 4.69) is 139 Å². The molecule has 2 heteroatoms. The predicted octanol–water partition coefficient (Wildman–Crippen LogP) is 6.86. The highest BCUT2D eigenvalue weighted by Crippen LogP contribution is 2.41. The van der Waals surface area contributed by atoms with E-state index in [9.17, 15) is 0 Å². The van der Waals surface area contributed by atoms with Gasteiger partial charge in [-0.25, -0.2) is 0 Å². The minimum atomic E-state index is 0.228. The van der Waals surface area contributed by atoms with Crippen LogP contribution in [0.1, 0.15) is 42.1 Å². The third kappa shape index (κ3) is 4.21. The molecule has 2 unspecified atom stereocenters. The van der Waals surface area contributed by atoms with Gasteiger partial charge in [-0.05, 0) is 40.8 Å². The van der Waals surface area contributed by atoms with E-state index in [4.69, 9.17) is 0 Å². The Bertz CT molecular complexity index is 1240. The van der Waals surface area contributed by atoms with Gasteiger partial charge in [0, 0.05) is 31.8 Å². The summed E-state index contributed by atoms with van der Waals surface area (Å²) in [6.45, 7) is 2.24. The summed E-state index contributed by atoms with van der Waals surface area (Å²) in [4.78, 5) is 2.45. The SMILES string of the molecule is CC/C(=C\N(C)C1c2ccccc2-c2cccc[n+]2C1Cc1ccccc1)c1ccccc1. The molecule has 0 fully saturated rings. The van der Waals surface area contributed by atoms with E-state index in [1.807, 2.05) is 0 Å². The molecule has 0 amide bonds. The highest BCUT2D eigenvalue weighted by Gasteiger charge is 2.41. The molecule has 2 atom stereocenters. The standard InChI is InChI=1S/C31H31N2/c1-3-25(26-16-8-5-9-17-26)23-32(2)31-28-19-11-10-18-27(28)29-20-12-13-21-33(29)30(31)22-24-14-6-4-7-15-24/h4-21,23,30-31H,3,22H2,1-2H3/q+1/b25-23+. The fourth-order valence-corrected chi connectivity index (χ4v) is 5.23. The Hall–Kier alpha value is -3.65. The van der Waals surface area contributed by atoms with Crippen molar-refractivity contribution in [3.8, 4) is 11.3 Å². The van der Waals surface area contributed by atoms with Crippen LogP contribution in [0.25, 0.3) is 16.8 Å². The van der Waals surface area contributed by atoms with Crippen LogP contribution in [-0.2, 0) is 6.42 Å². The van der Waals surface area contributed by atoms with Crippen molar-refractivity contribution in [2.75, 3.05) is 7.05 Å². The normalized spacial score (nSPS) is 17.2. The Morgan fingerprint density at radius 2 is 1.48 bits per heavy atom. The molecule has 1 aromatic heterocycles. The highest BCUT2D eigenvalue weighted by atomic mass is 15.2. The van der Waals surface area contributed by atoms with Gasteiger partial charge in [0.2, 0.25) is 5.69 Å². The summed E-state index contributed by atoms with van der Waals surface area (Å²) in [5, 5.41) is 0. The van der Waals surface area contributed by atoms with Crippen molar-refractivity contribution < 1.29 is 4.57 Å². The van der Waals surface area contributed by atoms with Crippen molar-refractivity contribution >= 4 is 5.57 Å². The molecule has 1 aliphatic rings. The van der Waals surface area contributed by atoms with Crippen molar-refractivity contribution in [1.82, 2.24) is 4.90 Å². The molecule has 3 aromatic carbocycles. The van der Waals surface area contributed by atoms with Gasteiger partial charge in [-0.3, -0.25) is 0 Å². The highest BCUT2D eigenvalue weighted by molar-refractivity contribution is 5.66. The zero-order valence-electron chi connectivity index (χ0n) is 19.4. The molecule has 0 radical (unpaired) electrons. The molecule has 0 bridgehead atoms. The average molecular weight is 432 g/mol. The van der Waals surface area contributed by atoms with Gasteiger partial charge in [-0.1, -0.05) is 85.8 Å². The number of likely N-dealkylation sites (N-methyl/N-ethyl adjacent to an activating group) is 1. The first-order chi connectivity index (χ1) is 16.3. The van der Waals surface area contributed by atoms with E-state index in [-0.39, 0.29) is 12.1 Å². The average Bonchev–Trinajstić information content (AvgIpc) is 2.88. The number of pyridine rings is 1. The second-order valence-corrected chi connectivity index (χ2v) is 8.82. The first kappa shape index (κ1) is 21.2. The number of benzene rings is 3. The topological polar surface area (TPSA) is 7.12 Å². The number of hydrogen-bond acceptors (Lipinski definition) is 1. The zero-order valence-corrected chi connectivity index (χ0v) is 19.4. The van der Waals surface area contributed by atoms with Gasteiger partial charge in [-0.2, -0.15) is 4.57 Å². The summed E-state index contributed by atoms with van der Waals surface area (Å²) < 4.78 is 2.48. The molecule has 2 nitrogen and oxygen atoms in total. The van der Waals surface area contributed by atoms with Gasteiger partial charge in [0.15, 0.2) is 12.2 Å². The van der Waals surface area contributed by atoms with E-state index in [0.29, 0.717) is 0 Å². The summed E-state index contributed by atoms with van der Waals surface area (Å²) in [6, 6.07) is 37.6. The van der Waals surface area contributed by atoms with E-state index in [1.54, 1.807) is 0 Å². The smallest absolute Gasteiger partial charge is 0.213 e. The molecule has 0 saturated heterocycles. The van der Waals surface area contributed by atoms with Crippen LogP contribution in [0.4, 0.5) is 0 Å². The number of fused-ring (bicyclic) bond motifs is 3. The lowest BCUT2D eigenvalue weighted by Crippen LogP contribution is -2.51. The fourth-order valence-electron chi connectivity index (χ4n) is 5.23. The number of rotatable bonds is 6. The van der Waals surface area contributed by atoms with Crippen LogP contribution in [0.5, 0.6) is 0 Å². The fraction of sp³-hybridized carbons (Fsp3) is 0.194. The maximum Gasteiger partial charge on any atom is 0.213 e. The molecule has 0 aliphatic carbocycles. The second-order valence-electron chi connectivity index (χ2n) is 8.82. The molecule has 1 aliphatic heterocycles. The van der Waals surface area contributed by atoms with Gasteiger partial charge < -0.3 is 4.90 Å². The van der Waals surface area contributed by atoms with E-state index in [1.165, 1.54) is 33.5 Å². The number of nitrogens with zero attached hydrogens (tertiary/aromatic N) is 2. The van der Waals surface area contributed by atoms with E-state index >= 15 is 0 Å². The Morgan fingerprint density at radius 1 is 0.818 bits per heavy atom. The zero-order chi connectivity index (χ0) is 22.6. The molecule has 2 heterocycles. The van der Waals surface area contributed by atoms with Crippen LogP contribution in [-0.4, -0.2) is 11.9 Å². The number of allylic oxidation sites excluding steroid dienone is 1. The number of hydrogen-bond donors (Lipinski definition) is 0. The van der Waals surface area contributed by atoms with Crippen LogP contribution in [0, 0.1) is 0 Å². The lowest BCUT2D eigenvalue weighted by atomic mass is 9.84. The van der Waals surface area contributed by atoms with Crippen molar-refractivity contribution in [1.29, 1.82) is 0 Å². The summed E-state index contributed by atoms with van der Waals surface area (Å²) in [6.07, 6.45) is 6.59. The molecule has 0 spiro atoms. The van der Waals surface area contributed by atoms with Gasteiger partial charge in [0.1, 0.15) is 6.04 Å². The third-order valence-corrected chi connectivity index (χ3v) is 6.78. The minimum absolute atomic E-state index is 0.228. The largest absolute Gasteiger partial charge is 0.367 e. The summed E-state index contributed by atoms with van der Waals surface area (Å²) in [7, 11) is 2.24. The second kappa shape index (κ2) is 9.46. The molecular weight excluding hydrogens is 400 g/mol. The van der Waals surface area contributed by atoms with Gasteiger partial charge in [0.25, 0.3) is 0 Å². The van der Waals surface area contributed by atoms with Gasteiger partial charge in [-0.15, -0.1) is 0 Å². The molecule has 0 saturated carbocycles. The molecule has 33 heavy (non-hydrogen) atoms. The van der Waals surface area contributed by atoms with E-state index in [0.717, 1.165) is 12.8 Å². The van der Waals surface area contributed by atoms with Crippen LogP contribution in [0.3, 0.4) is 0 Å². The van der Waals surface area contributed by atoms with Crippen LogP contribution >= 0.6 is 0 Å². The molecule has 0 N–H and O–H groups in total. The maximum atomic E-state index is 2.48. The Morgan fingerprint density at radius 3 is 2.24 bits per heavy atom. The molecule has 5 rings (SSSR count). The lowest BCUT2D eigenvalue weighted by Gasteiger charge is -2.36. The van der Waals surface area contributed by atoms with Crippen molar-refractivity contribution in [3.05, 3.63) is 132 Å². The van der Waals surface area contributed by atoms with Crippen LogP contribution in [0.15, 0.2) is 116 Å². The molecular formula is C31H31N2+. The Balaban J connectivity index is 1.63. The van der Waals surface area contributed by atoms with Gasteiger partial charge >= 0.3 is 0 Å². The minimum Gasteiger partial charge on any atom is -0.367 e. The van der Waals surface area contributed by atoms with Crippen molar-refractivity contribution in [2.45, 2.75) is 31.8 Å². The summed E-state index contributed by atoms with van der Waals surface area (Å²) >= 11 is 0. The summed E-state index contributed by atoms with van der Waals surface area (Å²) in [5.41, 5.74) is 8.03. The molecule has 164 valence electrons. The van der Waals surface area contributed by atoms with Crippen molar-refractivity contribution in [3.63, 3.8) is 0 Å². The third-order valence-electron chi connectivity index (χ3n) is 6.78. The van der Waals surface area contributed by atoms with E-state index < -0.39 is 0 Å².